The third kappa shape index (κ3) is 4.74. The second-order valence-corrected chi connectivity index (χ2v) is 8.84. The summed E-state index contributed by atoms with van der Waals surface area (Å²) in [6.45, 7) is 1.03. The predicted octanol–water partition coefficient (Wildman–Crippen LogP) is 2.98. The van der Waals surface area contributed by atoms with Gasteiger partial charge in [-0.05, 0) is 36.6 Å². The molecule has 2 aromatic rings. The van der Waals surface area contributed by atoms with Gasteiger partial charge in [0.15, 0.2) is 5.13 Å². The smallest absolute Gasteiger partial charge is 0.250 e. The quantitative estimate of drug-likeness (QED) is 0.744. The van der Waals surface area contributed by atoms with Crippen LogP contribution in [-0.4, -0.2) is 43.8 Å². The summed E-state index contributed by atoms with van der Waals surface area (Å²) < 4.78 is 32.8. The van der Waals surface area contributed by atoms with Gasteiger partial charge < -0.3 is 4.74 Å². The highest BCUT2D eigenvalue weighted by Gasteiger charge is 2.28. The normalized spacial score (nSPS) is 15.7. The third-order valence-corrected chi connectivity index (χ3v) is 6.82. The lowest BCUT2D eigenvalue weighted by molar-refractivity contribution is -0.111. The Morgan fingerprint density at radius 2 is 2.07 bits per heavy atom. The third-order valence-electron chi connectivity index (χ3n) is 4.21. The average Bonchev–Trinajstić information content (AvgIpc) is 3.19. The number of hydrogen-bond acceptors (Lipinski definition) is 6. The number of piperidine rings is 1. The van der Waals surface area contributed by atoms with Crippen LogP contribution >= 0.6 is 11.3 Å². The van der Waals surface area contributed by atoms with Crippen LogP contribution in [0.15, 0.2) is 40.7 Å². The summed E-state index contributed by atoms with van der Waals surface area (Å²) in [5, 5.41) is 4.91. The number of thiazole rings is 1. The van der Waals surface area contributed by atoms with Crippen molar-refractivity contribution in [3.63, 3.8) is 0 Å². The number of carbonyl (C=O) groups excluding carboxylic acids is 1. The molecule has 0 unspecified atom stereocenters. The van der Waals surface area contributed by atoms with Crippen molar-refractivity contribution in [1.29, 1.82) is 0 Å². The Morgan fingerprint density at radius 3 is 2.74 bits per heavy atom. The second kappa shape index (κ2) is 8.64. The zero-order chi connectivity index (χ0) is 19.3. The van der Waals surface area contributed by atoms with Crippen LogP contribution in [0.5, 0.6) is 5.75 Å². The van der Waals surface area contributed by atoms with E-state index in [0.717, 1.165) is 19.3 Å². The minimum Gasteiger partial charge on any atom is -0.495 e. The Morgan fingerprint density at radius 1 is 1.30 bits per heavy atom. The standard InChI is InChI=1S/C18H21N3O4S2/c1-25-15-7-5-14(6-8-17(22)20-18-19-9-12-26-18)13-16(15)27(23,24)21-10-3-2-4-11-21/h5-9,12-13H,2-4,10-11H2,1H3,(H,19,20,22)/b8-6+. The molecule has 3 rings (SSSR count). The van der Waals surface area contributed by atoms with Crippen molar-refractivity contribution in [2.45, 2.75) is 24.2 Å². The Balaban J connectivity index is 1.82. The summed E-state index contributed by atoms with van der Waals surface area (Å²) in [5.41, 5.74) is 0.598. The van der Waals surface area contributed by atoms with Crippen molar-refractivity contribution >= 4 is 38.5 Å². The Kier molecular flexibility index (Phi) is 6.25. The number of amides is 1. The van der Waals surface area contributed by atoms with Gasteiger partial charge in [-0.25, -0.2) is 13.4 Å². The molecule has 7 nitrogen and oxygen atoms in total. The molecule has 1 aliphatic rings. The molecule has 27 heavy (non-hydrogen) atoms. The van der Waals surface area contributed by atoms with Crippen LogP contribution in [0.2, 0.25) is 0 Å². The number of hydrogen-bond donors (Lipinski definition) is 1. The fraction of sp³-hybridized carbons (Fsp3) is 0.333. The van der Waals surface area contributed by atoms with E-state index in [1.54, 1.807) is 29.8 Å². The summed E-state index contributed by atoms with van der Waals surface area (Å²) in [6, 6.07) is 4.85. The molecule has 0 bridgehead atoms. The molecular formula is C18H21N3O4S2. The van der Waals surface area contributed by atoms with E-state index in [0.29, 0.717) is 29.5 Å². The molecule has 9 heteroatoms. The monoisotopic (exact) mass is 407 g/mol. The molecule has 1 aromatic carbocycles. The van der Waals surface area contributed by atoms with Crippen LogP contribution < -0.4 is 10.1 Å². The molecule has 1 saturated heterocycles. The Bertz CT molecular complexity index is 918. The molecule has 1 N–H and O–H groups in total. The fourth-order valence-electron chi connectivity index (χ4n) is 2.85. The number of anilines is 1. The van der Waals surface area contributed by atoms with Gasteiger partial charge in [0.2, 0.25) is 15.9 Å². The van der Waals surface area contributed by atoms with Gasteiger partial charge in [0.1, 0.15) is 10.6 Å². The van der Waals surface area contributed by atoms with Crippen LogP contribution in [-0.2, 0) is 14.8 Å². The van der Waals surface area contributed by atoms with Gasteiger partial charge in [-0.2, -0.15) is 4.31 Å². The minimum absolute atomic E-state index is 0.120. The largest absolute Gasteiger partial charge is 0.495 e. The lowest BCUT2D eigenvalue weighted by atomic mass is 10.2. The molecule has 144 valence electrons. The van der Waals surface area contributed by atoms with E-state index in [2.05, 4.69) is 10.3 Å². The number of methoxy groups -OCH3 is 1. The zero-order valence-corrected chi connectivity index (χ0v) is 16.6. The number of benzene rings is 1. The molecule has 0 radical (unpaired) electrons. The highest BCUT2D eigenvalue weighted by molar-refractivity contribution is 7.89. The van der Waals surface area contributed by atoms with E-state index >= 15 is 0 Å². The lowest BCUT2D eigenvalue weighted by Crippen LogP contribution is -2.35. The van der Waals surface area contributed by atoms with Crippen LogP contribution in [0.1, 0.15) is 24.8 Å². The Labute approximate surface area is 162 Å². The molecule has 0 spiro atoms. The van der Waals surface area contributed by atoms with Crippen molar-refractivity contribution in [3.8, 4) is 5.75 Å². The van der Waals surface area contributed by atoms with E-state index in [1.165, 1.54) is 34.9 Å². The van der Waals surface area contributed by atoms with Crippen molar-refractivity contribution in [2.24, 2.45) is 0 Å². The van der Waals surface area contributed by atoms with E-state index in [-0.39, 0.29) is 10.8 Å². The van der Waals surface area contributed by atoms with Crippen LogP contribution in [0.3, 0.4) is 0 Å². The number of aromatic nitrogens is 1. The first kappa shape index (κ1) is 19.5. The van der Waals surface area contributed by atoms with Crippen molar-refractivity contribution in [1.82, 2.24) is 9.29 Å². The summed E-state index contributed by atoms with van der Waals surface area (Å²) in [4.78, 5) is 16.1. The molecule has 1 aromatic heterocycles. The fourth-order valence-corrected chi connectivity index (χ4v) is 5.09. The van der Waals surface area contributed by atoms with Gasteiger partial charge in [-0.1, -0.05) is 12.5 Å². The van der Waals surface area contributed by atoms with E-state index in [9.17, 15) is 13.2 Å². The van der Waals surface area contributed by atoms with Crippen LogP contribution in [0.25, 0.3) is 6.08 Å². The molecule has 1 fully saturated rings. The number of carbonyl (C=O) groups is 1. The van der Waals surface area contributed by atoms with E-state index in [1.807, 2.05) is 0 Å². The van der Waals surface area contributed by atoms with Crippen LogP contribution in [0, 0.1) is 0 Å². The molecule has 0 atom stereocenters. The number of nitrogens with one attached hydrogen (secondary N) is 1. The molecular weight excluding hydrogens is 386 g/mol. The van der Waals surface area contributed by atoms with E-state index in [4.69, 9.17) is 4.74 Å². The van der Waals surface area contributed by atoms with Gasteiger partial charge in [-0.15, -0.1) is 11.3 Å². The first-order chi connectivity index (χ1) is 13.0. The maximum absolute atomic E-state index is 13.0. The Hall–Kier alpha value is -2.23. The van der Waals surface area contributed by atoms with Gasteiger partial charge in [-0.3, -0.25) is 10.1 Å². The van der Waals surface area contributed by atoms with Gasteiger partial charge in [0, 0.05) is 30.7 Å². The van der Waals surface area contributed by atoms with Crippen molar-refractivity contribution in [3.05, 3.63) is 41.4 Å². The van der Waals surface area contributed by atoms with Crippen molar-refractivity contribution < 1.29 is 17.9 Å². The van der Waals surface area contributed by atoms with Gasteiger partial charge in [0.25, 0.3) is 0 Å². The maximum Gasteiger partial charge on any atom is 0.250 e. The van der Waals surface area contributed by atoms with Gasteiger partial charge in [0.05, 0.1) is 7.11 Å². The summed E-state index contributed by atoms with van der Waals surface area (Å²) in [5.74, 6) is -0.0360. The average molecular weight is 408 g/mol. The SMILES string of the molecule is COc1ccc(/C=C/C(=O)Nc2nccs2)cc1S(=O)(=O)N1CCCCC1. The minimum atomic E-state index is -3.64. The zero-order valence-electron chi connectivity index (χ0n) is 14.9. The topological polar surface area (TPSA) is 88.6 Å². The van der Waals surface area contributed by atoms with Gasteiger partial charge >= 0.3 is 0 Å². The first-order valence-corrected chi connectivity index (χ1v) is 10.9. The second-order valence-electron chi connectivity index (χ2n) is 6.03. The number of rotatable bonds is 6. The lowest BCUT2D eigenvalue weighted by Gasteiger charge is -2.26. The molecule has 1 amide bonds. The molecule has 2 heterocycles. The summed E-state index contributed by atoms with van der Waals surface area (Å²) in [7, 11) is -2.20. The number of ether oxygens (including phenoxy) is 1. The maximum atomic E-state index is 13.0. The predicted molar refractivity (Wildman–Crippen MR) is 105 cm³/mol. The summed E-state index contributed by atoms with van der Waals surface area (Å²) in [6.07, 6.45) is 7.28. The van der Waals surface area contributed by atoms with E-state index < -0.39 is 10.0 Å². The highest BCUT2D eigenvalue weighted by Crippen LogP contribution is 2.30. The number of sulfonamides is 1. The number of nitrogens with zero attached hydrogens (tertiary/aromatic N) is 2. The van der Waals surface area contributed by atoms with Crippen LogP contribution in [0.4, 0.5) is 5.13 Å². The molecule has 1 aliphatic heterocycles. The molecule has 0 aliphatic carbocycles. The first-order valence-electron chi connectivity index (χ1n) is 8.57. The van der Waals surface area contributed by atoms with Crippen molar-refractivity contribution in [2.75, 3.05) is 25.5 Å². The molecule has 0 saturated carbocycles. The summed E-state index contributed by atoms with van der Waals surface area (Å²) >= 11 is 1.32. The highest BCUT2D eigenvalue weighted by atomic mass is 32.2.